The van der Waals surface area contributed by atoms with Crippen LogP contribution in [0.2, 0.25) is 0 Å². The average Bonchev–Trinajstić information content (AvgIpc) is 2.73. The lowest BCUT2D eigenvalue weighted by atomic mass is 9.87. The first-order valence-corrected chi connectivity index (χ1v) is 8.89. The zero-order valence-electron chi connectivity index (χ0n) is 15.0. The summed E-state index contributed by atoms with van der Waals surface area (Å²) in [5.41, 5.74) is 3.67. The van der Waals surface area contributed by atoms with Crippen molar-refractivity contribution in [2.24, 2.45) is 0 Å². The second-order valence-electron chi connectivity index (χ2n) is 6.56. The first kappa shape index (κ1) is 17.1. The molecule has 4 rings (SSSR count). The zero-order valence-corrected chi connectivity index (χ0v) is 15.0. The highest BCUT2D eigenvalue weighted by Crippen LogP contribution is 2.36. The van der Waals surface area contributed by atoms with Crippen LogP contribution in [0, 0.1) is 0 Å². The Morgan fingerprint density at radius 1 is 1.07 bits per heavy atom. The Morgan fingerprint density at radius 2 is 1.85 bits per heavy atom. The van der Waals surface area contributed by atoms with Gasteiger partial charge in [-0.1, -0.05) is 36.4 Å². The van der Waals surface area contributed by atoms with Crippen LogP contribution in [-0.4, -0.2) is 29.4 Å². The van der Waals surface area contributed by atoms with Crippen molar-refractivity contribution in [3.05, 3.63) is 99.5 Å². The quantitative estimate of drug-likeness (QED) is 0.780. The predicted molar refractivity (Wildman–Crippen MR) is 103 cm³/mol. The van der Waals surface area contributed by atoms with E-state index in [1.54, 1.807) is 13.2 Å². The fraction of sp³-hybridized carbons (Fsp3) is 0.182. The highest BCUT2D eigenvalue weighted by Gasteiger charge is 2.32. The molecule has 1 aromatic heterocycles. The van der Waals surface area contributed by atoms with Crippen molar-refractivity contribution in [3.8, 4) is 5.75 Å². The van der Waals surface area contributed by atoms with Gasteiger partial charge >= 0.3 is 0 Å². The second kappa shape index (κ2) is 7.11. The van der Waals surface area contributed by atoms with Crippen molar-refractivity contribution in [2.45, 2.75) is 12.5 Å². The minimum Gasteiger partial charge on any atom is -0.497 e. The number of ether oxygens (including phenoxy) is 1. The van der Waals surface area contributed by atoms with Crippen LogP contribution in [0.15, 0.2) is 71.7 Å². The molecule has 2 aromatic carbocycles. The van der Waals surface area contributed by atoms with E-state index in [0.717, 1.165) is 23.3 Å². The lowest BCUT2D eigenvalue weighted by Gasteiger charge is -2.38. The summed E-state index contributed by atoms with van der Waals surface area (Å²) in [6.07, 6.45) is 2.29. The van der Waals surface area contributed by atoms with Gasteiger partial charge in [-0.25, -0.2) is 0 Å². The minimum absolute atomic E-state index is 0.0958. The number of hydrogen-bond donors (Lipinski definition) is 1. The number of nitrogens with zero attached hydrogens (tertiary/aromatic N) is 1. The van der Waals surface area contributed by atoms with E-state index in [0.29, 0.717) is 12.1 Å². The topological polar surface area (TPSA) is 62.4 Å². The molecule has 3 aromatic rings. The van der Waals surface area contributed by atoms with Crippen LogP contribution in [0.3, 0.4) is 0 Å². The Balaban J connectivity index is 1.78. The Bertz CT molecular complexity index is 1000. The van der Waals surface area contributed by atoms with Gasteiger partial charge in [-0.3, -0.25) is 9.59 Å². The van der Waals surface area contributed by atoms with Crippen LogP contribution in [-0.2, 0) is 6.42 Å². The second-order valence-corrected chi connectivity index (χ2v) is 6.56. The van der Waals surface area contributed by atoms with Crippen molar-refractivity contribution in [1.29, 1.82) is 0 Å². The highest BCUT2D eigenvalue weighted by atomic mass is 16.5. The summed E-state index contributed by atoms with van der Waals surface area (Å²) < 4.78 is 5.27. The van der Waals surface area contributed by atoms with Gasteiger partial charge in [0, 0.05) is 18.8 Å². The van der Waals surface area contributed by atoms with Gasteiger partial charge in [0.05, 0.1) is 18.7 Å². The molecule has 136 valence electrons. The van der Waals surface area contributed by atoms with Gasteiger partial charge in [-0.15, -0.1) is 0 Å². The molecule has 1 unspecified atom stereocenters. The maximum atomic E-state index is 13.2. The van der Waals surface area contributed by atoms with Gasteiger partial charge in [0.25, 0.3) is 5.91 Å². The third kappa shape index (κ3) is 3.24. The maximum absolute atomic E-state index is 13.2. The number of amides is 1. The Labute approximate surface area is 157 Å². The van der Waals surface area contributed by atoms with Gasteiger partial charge in [0.15, 0.2) is 0 Å². The van der Waals surface area contributed by atoms with Crippen LogP contribution >= 0.6 is 0 Å². The average molecular weight is 360 g/mol. The van der Waals surface area contributed by atoms with Crippen LogP contribution in [0.25, 0.3) is 0 Å². The van der Waals surface area contributed by atoms with E-state index in [-0.39, 0.29) is 17.5 Å². The number of rotatable bonds is 3. The molecule has 27 heavy (non-hydrogen) atoms. The van der Waals surface area contributed by atoms with Crippen LogP contribution in [0.4, 0.5) is 0 Å². The summed E-state index contributed by atoms with van der Waals surface area (Å²) in [6.45, 7) is 0.617. The molecule has 0 fully saturated rings. The van der Waals surface area contributed by atoms with Crippen molar-refractivity contribution in [1.82, 2.24) is 9.88 Å². The summed E-state index contributed by atoms with van der Waals surface area (Å²) in [6, 6.07) is 18.8. The van der Waals surface area contributed by atoms with Crippen LogP contribution in [0.5, 0.6) is 5.75 Å². The summed E-state index contributed by atoms with van der Waals surface area (Å²) in [5.74, 6) is 0.683. The Kier molecular flexibility index (Phi) is 4.50. The van der Waals surface area contributed by atoms with Crippen molar-refractivity contribution in [2.75, 3.05) is 13.7 Å². The minimum atomic E-state index is -0.220. The standard InChI is InChI=1S/C22H20N2O3/c1-27-18-9-6-16(7-10-18)21-19-5-3-2-4-15(19)12-13-24(21)22(26)17-8-11-20(25)23-14-17/h2-11,14,21H,12-13H2,1H3,(H,23,25). The molecule has 1 N–H and O–H groups in total. The van der Waals surface area contributed by atoms with Crippen LogP contribution < -0.4 is 10.3 Å². The highest BCUT2D eigenvalue weighted by molar-refractivity contribution is 5.94. The van der Waals surface area contributed by atoms with Crippen molar-refractivity contribution in [3.63, 3.8) is 0 Å². The molecule has 5 nitrogen and oxygen atoms in total. The number of fused-ring (bicyclic) bond motifs is 1. The molecule has 5 heteroatoms. The molecule has 1 amide bonds. The van der Waals surface area contributed by atoms with E-state index in [2.05, 4.69) is 17.1 Å². The SMILES string of the molecule is COc1ccc(C2c3ccccc3CCN2C(=O)c2ccc(=O)[nH]c2)cc1. The molecule has 0 spiro atoms. The largest absolute Gasteiger partial charge is 0.497 e. The molecule has 1 aliphatic rings. The van der Waals surface area contributed by atoms with E-state index in [1.165, 1.54) is 17.8 Å². The smallest absolute Gasteiger partial charge is 0.256 e. The molecule has 1 atom stereocenters. The molecular formula is C22H20N2O3. The third-order valence-electron chi connectivity index (χ3n) is 5.01. The molecule has 1 aliphatic heterocycles. The maximum Gasteiger partial charge on any atom is 0.256 e. The summed E-state index contributed by atoms with van der Waals surface area (Å²) in [7, 11) is 1.64. The number of benzene rings is 2. The van der Waals surface area contributed by atoms with Gasteiger partial charge in [-0.05, 0) is 41.3 Å². The molecule has 0 aliphatic carbocycles. The predicted octanol–water partition coefficient (Wildman–Crippen LogP) is 3.17. The lowest BCUT2D eigenvalue weighted by molar-refractivity contribution is 0.0694. The molecule has 0 bridgehead atoms. The Hall–Kier alpha value is -3.34. The number of aromatic nitrogens is 1. The van der Waals surface area contributed by atoms with Crippen molar-refractivity contribution < 1.29 is 9.53 Å². The first-order valence-electron chi connectivity index (χ1n) is 8.89. The number of methoxy groups -OCH3 is 1. The molecular weight excluding hydrogens is 340 g/mol. The molecule has 0 saturated carbocycles. The molecule has 2 heterocycles. The van der Waals surface area contributed by atoms with Gasteiger partial charge < -0.3 is 14.6 Å². The number of carbonyl (C=O) groups is 1. The van der Waals surface area contributed by atoms with Crippen molar-refractivity contribution >= 4 is 5.91 Å². The molecule has 0 saturated heterocycles. The number of nitrogens with one attached hydrogen (secondary N) is 1. The van der Waals surface area contributed by atoms with E-state index in [4.69, 9.17) is 4.74 Å². The fourth-order valence-corrected chi connectivity index (χ4v) is 3.64. The first-order chi connectivity index (χ1) is 13.2. The number of carbonyl (C=O) groups excluding carboxylic acids is 1. The lowest BCUT2D eigenvalue weighted by Crippen LogP contribution is -2.40. The normalized spacial score (nSPS) is 15.9. The number of aromatic amines is 1. The van der Waals surface area contributed by atoms with E-state index in [1.807, 2.05) is 41.3 Å². The van der Waals surface area contributed by atoms with Gasteiger partial charge in [0.1, 0.15) is 5.75 Å². The summed E-state index contributed by atoms with van der Waals surface area (Å²) in [5, 5.41) is 0. The van der Waals surface area contributed by atoms with Crippen LogP contribution in [0.1, 0.15) is 33.1 Å². The van der Waals surface area contributed by atoms with Gasteiger partial charge in [0.2, 0.25) is 5.56 Å². The zero-order chi connectivity index (χ0) is 18.8. The Morgan fingerprint density at radius 3 is 2.56 bits per heavy atom. The summed E-state index contributed by atoms with van der Waals surface area (Å²) in [4.78, 5) is 29.0. The summed E-state index contributed by atoms with van der Waals surface area (Å²) >= 11 is 0. The van der Waals surface area contributed by atoms with E-state index >= 15 is 0 Å². The fourth-order valence-electron chi connectivity index (χ4n) is 3.64. The van der Waals surface area contributed by atoms with E-state index in [9.17, 15) is 9.59 Å². The van der Waals surface area contributed by atoms with E-state index < -0.39 is 0 Å². The number of pyridine rings is 1. The number of hydrogen-bond acceptors (Lipinski definition) is 3. The molecule has 0 radical (unpaired) electrons. The van der Waals surface area contributed by atoms with Gasteiger partial charge in [-0.2, -0.15) is 0 Å². The third-order valence-corrected chi connectivity index (χ3v) is 5.01. The monoisotopic (exact) mass is 360 g/mol. The number of H-pyrrole nitrogens is 1.